The summed E-state index contributed by atoms with van der Waals surface area (Å²) in [6, 6.07) is 8.01. The van der Waals surface area contributed by atoms with E-state index in [1.807, 2.05) is 0 Å². The summed E-state index contributed by atoms with van der Waals surface area (Å²) >= 11 is 0. The molecule has 1 aliphatic heterocycles. The molecule has 2 aromatic carbocycles. The van der Waals surface area contributed by atoms with E-state index in [1.54, 1.807) is 0 Å². The molecule has 2 aromatic rings. The third-order valence-corrected chi connectivity index (χ3v) is 6.91. The van der Waals surface area contributed by atoms with Crippen molar-refractivity contribution >= 4 is 27.3 Å². The normalized spacial score (nSPS) is 14.6. The number of benzene rings is 2. The Hall–Kier alpha value is -3.18. The highest BCUT2D eigenvalue weighted by molar-refractivity contribution is 7.89. The predicted octanol–water partition coefficient (Wildman–Crippen LogP) is 3.04. The molecule has 1 N–H and O–H groups in total. The first-order chi connectivity index (χ1) is 14.8. The van der Waals surface area contributed by atoms with Crippen LogP contribution < -0.4 is 14.8 Å². The van der Waals surface area contributed by atoms with Gasteiger partial charge in [0.1, 0.15) is 17.2 Å². The largest absolute Gasteiger partial charge is 0.496 e. The second-order valence-electron chi connectivity index (χ2n) is 6.92. The molecule has 11 heteroatoms. The van der Waals surface area contributed by atoms with Crippen LogP contribution in [0.4, 0.5) is 11.4 Å². The van der Waals surface area contributed by atoms with Crippen LogP contribution in [0.1, 0.15) is 29.6 Å². The van der Waals surface area contributed by atoms with E-state index in [-0.39, 0.29) is 33.3 Å². The molecule has 3 rings (SSSR count). The summed E-state index contributed by atoms with van der Waals surface area (Å²) in [6.45, 7) is 0.849. The number of sulfonamides is 1. The number of piperidine rings is 1. The van der Waals surface area contributed by atoms with E-state index in [0.717, 1.165) is 19.3 Å². The number of carbonyl (C=O) groups is 1. The summed E-state index contributed by atoms with van der Waals surface area (Å²) < 4.78 is 37.6. The van der Waals surface area contributed by atoms with E-state index in [1.165, 1.54) is 54.9 Å². The van der Waals surface area contributed by atoms with Gasteiger partial charge in [-0.3, -0.25) is 14.9 Å². The van der Waals surface area contributed by atoms with Crippen molar-refractivity contribution in [2.45, 2.75) is 24.2 Å². The van der Waals surface area contributed by atoms with E-state index < -0.39 is 20.9 Å². The van der Waals surface area contributed by atoms with Crippen LogP contribution in [0.3, 0.4) is 0 Å². The second-order valence-corrected chi connectivity index (χ2v) is 8.86. The highest BCUT2D eigenvalue weighted by atomic mass is 32.2. The lowest BCUT2D eigenvalue weighted by Crippen LogP contribution is -2.35. The third-order valence-electron chi connectivity index (χ3n) is 5.02. The van der Waals surface area contributed by atoms with Crippen LogP contribution in [0.5, 0.6) is 11.5 Å². The monoisotopic (exact) mass is 449 g/mol. The minimum absolute atomic E-state index is 0.0374. The molecule has 0 radical (unpaired) electrons. The average Bonchev–Trinajstić information content (AvgIpc) is 2.79. The van der Waals surface area contributed by atoms with Crippen LogP contribution in [0.15, 0.2) is 41.3 Å². The molecular formula is C20H23N3O7S. The van der Waals surface area contributed by atoms with Crippen LogP contribution in [-0.4, -0.2) is 50.9 Å². The molecule has 166 valence electrons. The van der Waals surface area contributed by atoms with Crippen molar-refractivity contribution in [1.29, 1.82) is 0 Å². The van der Waals surface area contributed by atoms with Crippen LogP contribution in [0, 0.1) is 10.1 Å². The number of carbonyl (C=O) groups excluding carboxylic acids is 1. The average molecular weight is 449 g/mol. The minimum atomic E-state index is -3.77. The van der Waals surface area contributed by atoms with Crippen LogP contribution in [-0.2, 0) is 10.0 Å². The number of methoxy groups -OCH3 is 2. The smallest absolute Gasteiger partial charge is 0.296 e. The van der Waals surface area contributed by atoms with Crippen LogP contribution >= 0.6 is 0 Å². The van der Waals surface area contributed by atoms with Crippen molar-refractivity contribution in [3.8, 4) is 11.5 Å². The molecule has 1 fully saturated rings. The Morgan fingerprint density at radius 3 is 2.39 bits per heavy atom. The Morgan fingerprint density at radius 2 is 1.77 bits per heavy atom. The van der Waals surface area contributed by atoms with Gasteiger partial charge in [0.05, 0.1) is 35.7 Å². The zero-order valence-corrected chi connectivity index (χ0v) is 18.0. The van der Waals surface area contributed by atoms with Gasteiger partial charge >= 0.3 is 0 Å². The Morgan fingerprint density at radius 1 is 1.06 bits per heavy atom. The molecule has 31 heavy (non-hydrogen) atoms. The van der Waals surface area contributed by atoms with Crippen molar-refractivity contribution < 1.29 is 27.6 Å². The molecule has 0 aliphatic carbocycles. The van der Waals surface area contributed by atoms with Crippen molar-refractivity contribution in [1.82, 2.24) is 4.31 Å². The van der Waals surface area contributed by atoms with Crippen molar-refractivity contribution in [2.75, 3.05) is 32.6 Å². The zero-order chi connectivity index (χ0) is 22.6. The SMILES string of the molecule is COc1ccc(NC(=O)c2cc(S(=O)(=O)N3CCCCC3)ccc2OC)c([N+](=O)[O-])c1. The number of rotatable bonds is 7. The number of nitrogens with zero attached hydrogens (tertiary/aromatic N) is 2. The fraction of sp³-hybridized carbons (Fsp3) is 0.350. The molecule has 1 aliphatic rings. The third kappa shape index (κ3) is 4.78. The molecule has 10 nitrogen and oxygen atoms in total. The maximum atomic E-state index is 13.0. The molecule has 1 saturated heterocycles. The first kappa shape index (κ1) is 22.5. The Bertz CT molecular complexity index is 1100. The summed E-state index contributed by atoms with van der Waals surface area (Å²) in [4.78, 5) is 23.6. The van der Waals surface area contributed by atoms with Crippen molar-refractivity contribution in [2.24, 2.45) is 0 Å². The maximum absolute atomic E-state index is 13.0. The summed E-state index contributed by atoms with van der Waals surface area (Å²) in [5.74, 6) is -0.330. The number of nitro groups is 1. The first-order valence-electron chi connectivity index (χ1n) is 9.60. The standard InChI is InChI=1S/C20H23N3O7S/c1-29-14-6-8-17(18(12-14)23(25)26)21-20(24)16-13-15(7-9-19(16)30-2)31(27,28)22-10-4-3-5-11-22/h6-9,12-13H,3-5,10-11H2,1-2H3,(H,21,24). The zero-order valence-electron chi connectivity index (χ0n) is 17.2. The topological polar surface area (TPSA) is 128 Å². The van der Waals surface area contributed by atoms with E-state index in [2.05, 4.69) is 5.32 Å². The number of ether oxygens (including phenoxy) is 2. The van der Waals surface area contributed by atoms with Gasteiger partial charge in [-0.25, -0.2) is 8.42 Å². The number of anilines is 1. The molecule has 0 saturated carbocycles. The van der Waals surface area contributed by atoms with Crippen molar-refractivity contribution in [3.05, 3.63) is 52.1 Å². The predicted molar refractivity (Wildman–Crippen MR) is 113 cm³/mol. The minimum Gasteiger partial charge on any atom is -0.496 e. The molecule has 1 heterocycles. The maximum Gasteiger partial charge on any atom is 0.296 e. The van der Waals surface area contributed by atoms with E-state index in [0.29, 0.717) is 13.1 Å². The van der Waals surface area contributed by atoms with Crippen LogP contribution in [0.25, 0.3) is 0 Å². The Kier molecular flexibility index (Phi) is 6.76. The molecule has 1 amide bonds. The number of hydrogen-bond acceptors (Lipinski definition) is 7. The summed E-state index contributed by atoms with van der Waals surface area (Å²) in [5, 5.41) is 13.8. The summed E-state index contributed by atoms with van der Waals surface area (Å²) in [5.41, 5.74) is -0.461. The summed E-state index contributed by atoms with van der Waals surface area (Å²) in [6.07, 6.45) is 2.54. The first-order valence-corrected chi connectivity index (χ1v) is 11.0. The summed E-state index contributed by atoms with van der Waals surface area (Å²) in [7, 11) is -1.05. The fourth-order valence-corrected chi connectivity index (χ4v) is 4.91. The van der Waals surface area contributed by atoms with Crippen molar-refractivity contribution in [3.63, 3.8) is 0 Å². The molecule has 0 bridgehead atoms. The van der Waals surface area contributed by atoms with Crippen LogP contribution in [0.2, 0.25) is 0 Å². The van der Waals surface area contributed by atoms with Gasteiger partial charge in [0, 0.05) is 13.1 Å². The Labute approximate surface area is 180 Å². The highest BCUT2D eigenvalue weighted by Gasteiger charge is 2.28. The van der Waals surface area contributed by atoms with Gasteiger partial charge in [0.25, 0.3) is 11.6 Å². The van der Waals surface area contributed by atoms with Gasteiger partial charge in [-0.1, -0.05) is 6.42 Å². The lowest BCUT2D eigenvalue weighted by Gasteiger charge is -2.26. The highest BCUT2D eigenvalue weighted by Crippen LogP contribution is 2.31. The molecule has 0 aromatic heterocycles. The van der Waals surface area contributed by atoms with Gasteiger partial charge in [-0.05, 0) is 43.2 Å². The molecule has 0 unspecified atom stereocenters. The fourth-order valence-electron chi connectivity index (χ4n) is 3.36. The molecule has 0 atom stereocenters. The van der Waals surface area contributed by atoms with E-state index >= 15 is 0 Å². The number of hydrogen-bond donors (Lipinski definition) is 1. The van der Waals surface area contributed by atoms with E-state index in [9.17, 15) is 23.3 Å². The number of amides is 1. The molecule has 0 spiro atoms. The van der Waals surface area contributed by atoms with E-state index in [4.69, 9.17) is 9.47 Å². The Balaban J connectivity index is 1.96. The number of nitro benzene ring substituents is 1. The van der Waals surface area contributed by atoms with Gasteiger partial charge in [0.15, 0.2) is 0 Å². The second kappa shape index (κ2) is 9.31. The molecular weight excluding hydrogens is 426 g/mol. The van der Waals surface area contributed by atoms with Gasteiger partial charge < -0.3 is 14.8 Å². The van der Waals surface area contributed by atoms with Gasteiger partial charge in [-0.15, -0.1) is 0 Å². The van der Waals surface area contributed by atoms with Gasteiger partial charge in [0.2, 0.25) is 10.0 Å². The van der Waals surface area contributed by atoms with Gasteiger partial charge in [-0.2, -0.15) is 4.31 Å². The quantitative estimate of drug-likeness (QED) is 0.508. The number of nitrogens with one attached hydrogen (secondary N) is 1. The lowest BCUT2D eigenvalue weighted by atomic mass is 10.1. The lowest BCUT2D eigenvalue weighted by molar-refractivity contribution is -0.384.